The van der Waals surface area contributed by atoms with Gasteiger partial charge >= 0.3 is 0 Å². The number of rotatable bonds is 3. The Morgan fingerprint density at radius 3 is 2.59 bits per heavy atom. The van der Waals surface area contributed by atoms with E-state index < -0.39 is 5.91 Å². The van der Waals surface area contributed by atoms with Crippen molar-refractivity contribution >= 4 is 30.0 Å². The molecular formula is C14H16ClN5O2. The van der Waals surface area contributed by atoms with Gasteiger partial charge in [0.15, 0.2) is 5.96 Å². The van der Waals surface area contributed by atoms with Crippen LogP contribution < -0.4 is 11.5 Å². The Morgan fingerprint density at radius 2 is 1.95 bits per heavy atom. The summed E-state index contributed by atoms with van der Waals surface area (Å²) in [4.78, 5) is 15.3. The third-order valence-electron chi connectivity index (χ3n) is 2.87. The van der Waals surface area contributed by atoms with Crippen molar-refractivity contribution in [2.24, 2.45) is 21.6 Å². The lowest BCUT2D eigenvalue weighted by Gasteiger charge is -2.09. The molecule has 0 saturated carbocycles. The normalized spacial score (nSPS) is 10.7. The lowest BCUT2D eigenvalue weighted by atomic mass is 10.2. The van der Waals surface area contributed by atoms with Crippen LogP contribution in [0.1, 0.15) is 23.0 Å². The van der Waals surface area contributed by atoms with E-state index in [4.69, 9.17) is 16.7 Å². The summed E-state index contributed by atoms with van der Waals surface area (Å²) in [5, 5.41) is 12.1. The van der Waals surface area contributed by atoms with Crippen molar-refractivity contribution in [2.75, 3.05) is 0 Å². The lowest BCUT2D eigenvalue weighted by molar-refractivity contribution is 0.100. The number of hydrogen-bond donors (Lipinski definition) is 3. The molecule has 0 unspecified atom stereocenters. The van der Waals surface area contributed by atoms with Gasteiger partial charge in [-0.2, -0.15) is 4.99 Å². The average Bonchev–Trinajstić information content (AvgIpc) is 2.95. The maximum absolute atomic E-state index is 11.8. The molecule has 22 heavy (non-hydrogen) atoms. The van der Waals surface area contributed by atoms with Crippen molar-refractivity contribution in [1.82, 2.24) is 4.57 Å². The Morgan fingerprint density at radius 1 is 1.23 bits per heavy atom. The van der Waals surface area contributed by atoms with Gasteiger partial charge in [-0.05, 0) is 37.3 Å². The number of nitrogens with zero attached hydrogens (tertiary/aromatic N) is 3. The fraction of sp³-hybridized carbons (Fsp3) is 0.0714. The smallest absolute Gasteiger partial charge is 0.280 e. The van der Waals surface area contributed by atoms with E-state index in [2.05, 4.69) is 10.1 Å². The molecule has 7 nitrogen and oxygen atoms in total. The summed E-state index contributed by atoms with van der Waals surface area (Å²) in [6.45, 7) is 1.68. The van der Waals surface area contributed by atoms with Crippen LogP contribution in [-0.4, -0.2) is 27.4 Å². The molecule has 0 atom stereocenters. The molecular weight excluding hydrogens is 306 g/mol. The van der Waals surface area contributed by atoms with E-state index in [0.717, 1.165) is 5.69 Å². The minimum absolute atomic E-state index is 0. The first-order valence-corrected chi connectivity index (χ1v) is 6.13. The standard InChI is InChI=1S/C14H15N5O2.ClH/c1-9(18-21)12-6-3-7-19(12)11-5-2-4-10(8-11)13(20)17-14(15)16;/h2-8,21H,1H3,(H4,15,16,17,20);1H. The molecule has 1 aromatic heterocycles. The third-order valence-corrected chi connectivity index (χ3v) is 2.87. The van der Waals surface area contributed by atoms with Crippen molar-refractivity contribution in [3.8, 4) is 5.69 Å². The van der Waals surface area contributed by atoms with E-state index in [9.17, 15) is 4.79 Å². The van der Waals surface area contributed by atoms with Gasteiger partial charge in [-0.3, -0.25) is 4.79 Å². The van der Waals surface area contributed by atoms with Crippen LogP contribution in [0.15, 0.2) is 52.7 Å². The maximum atomic E-state index is 11.8. The minimum Gasteiger partial charge on any atom is -0.411 e. The van der Waals surface area contributed by atoms with Crippen molar-refractivity contribution in [3.63, 3.8) is 0 Å². The van der Waals surface area contributed by atoms with Crippen LogP contribution in [0.3, 0.4) is 0 Å². The Labute approximate surface area is 133 Å². The van der Waals surface area contributed by atoms with Crippen LogP contribution in [0.2, 0.25) is 0 Å². The topological polar surface area (TPSA) is 119 Å². The molecule has 0 aliphatic carbocycles. The summed E-state index contributed by atoms with van der Waals surface area (Å²) in [6.07, 6.45) is 1.80. The van der Waals surface area contributed by atoms with Crippen LogP contribution in [0, 0.1) is 0 Å². The largest absolute Gasteiger partial charge is 0.411 e. The molecule has 116 valence electrons. The number of oxime groups is 1. The van der Waals surface area contributed by atoms with Gasteiger partial charge in [0.05, 0.1) is 5.69 Å². The predicted octanol–water partition coefficient (Wildman–Crippen LogP) is 1.51. The summed E-state index contributed by atoms with van der Waals surface area (Å²) < 4.78 is 1.79. The number of carbonyl (C=O) groups is 1. The quantitative estimate of drug-likeness (QED) is 0.343. The molecule has 0 spiro atoms. The first-order valence-electron chi connectivity index (χ1n) is 6.13. The van der Waals surface area contributed by atoms with Crippen LogP contribution in [-0.2, 0) is 0 Å². The number of aromatic nitrogens is 1. The predicted molar refractivity (Wildman–Crippen MR) is 87.2 cm³/mol. The molecule has 0 aliphatic heterocycles. The summed E-state index contributed by atoms with van der Waals surface area (Å²) in [5.41, 5.74) is 12.7. The van der Waals surface area contributed by atoms with Crippen LogP contribution in [0.5, 0.6) is 0 Å². The molecule has 0 radical (unpaired) electrons. The Bertz CT molecular complexity index is 732. The monoisotopic (exact) mass is 321 g/mol. The van der Waals surface area contributed by atoms with Gasteiger partial charge in [0.2, 0.25) is 0 Å². The van der Waals surface area contributed by atoms with E-state index in [1.54, 1.807) is 42.0 Å². The van der Waals surface area contributed by atoms with Crippen LogP contribution in [0.4, 0.5) is 0 Å². The van der Waals surface area contributed by atoms with Gasteiger partial charge in [-0.15, -0.1) is 12.4 Å². The Balaban J connectivity index is 0.00000242. The van der Waals surface area contributed by atoms with Gasteiger partial charge in [-0.1, -0.05) is 11.2 Å². The van der Waals surface area contributed by atoms with E-state index in [1.165, 1.54) is 0 Å². The van der Waals surface area contributed by atoms with Crippen LogP contribution >= 0.6 is 12.4 Å². The molecule has 0 saturated heterocycles. The second-order valence-electron chi connectivity index (χ2n) is 4.34. The highest BCUT2D eigenvalue weighted by Gasteiger charge is 2.10. The van der Waals surface area contributed by atoms with Gasteiger partial charge in [0.1, 0.15) is 5.71 Å². The third kappa shape index (κ3) is 3.64. The fourth-order valence-electron chi connectivity index (χ4n) is 1.92. The number of aliphatic imine (C=N–C) groups is 1. The SMILES string of the molecule is CC(=NO)c1cccn1-c1cccc(C(=O)N=C(N)N)c1.Cl. The molecule has 2 aromatic rings. The number of guanidine groups is 1. The molecule has 8 heteroatoms. The van der Waals surface area contributed by atoms with Gasteiger partial charge in [0, 0.05) is 17.4 Å². The maximum Gasteiger partial charge on any atom is 0.280 e. The fourth-order valence-corrected chi connectivity index (χ4v) is 1.92. The molecule has 2 rings (SSSR count). The van der Waals surface area contributed by atoms with Gasteiger partial charge in [0.25, 0.3) is 5.91 Å². The van der Waals surface area contributed by atoms with Crippen molar-refractivity contribution in [3.05, 3.63) is 53.9 Å². The molecule has 1 heterocycles. The molecule has 0 bridgehead atoms. The minimum atomic E-state index is -0.516. The molecule has 0 aliphatic rings. The summed E-state index contributed by atoms with van der Waals surface area (Å²) in [7, 11) is 0. The zero-order chi connectivity index (χ0) is 15.4. The van der Waals surface area contributed by atoms with E-state index >= 15 is 0 Å². The molecule has 1 aromatic carbocycles. The molecule has 0 fully saturated rings. The lowest BCUT2D eigenvalue weighted by Crippen LogP contribution is -2.24. The van der Waals surface area contributed by atoms with Gasteiger partial charge < -0.3 is 21.2 Å². The van der Waals surface area contributed by atoms with E-state index in [-0.39, 0.29) is 18.4 Å². The van der Waals surface area contributed by atoms with E-state index in [0.29, 0.717) is 17.0 Å². The zero-order valence-electron chi connectivity index (χ0n) is 11.8. The number of carbonyl (C=O) groups excluding carboxylic acids is 1. The number of amides is 1. The number of halogens is 1. The molecule has 5 N–H and O–H groups in total. The highest BCUT2D eigenvalue weighted by Crippen LogP contribution is 2.16. The Hall–Kier alpha value is -2.80. The highest BCUT2D eigenvalue weighted by atomic mass is 35.5. The second-order valence-corrected chi connectivity index (χ2v) is 4.34. The average molecular weight is 322 g/mol. The summed E-state index contributed by atoms with van der Waals surface area (Å²) in [5.74, 6) is -0.798. The van der Waals surface area contributed by atoms with Gasteiger partial charge in [-0.25, -0.2) is 0 Å². The first-order chi connectivity index (χ1) is 10.0. The zero-order valence-corrected chi connectivity index (χ0v) is 12.6. The van der Waals surface area contributed by atoms with Crippen molar-refractivity contribution in [1.29, 1.82) is 0 Å². The number of hydrogen-bond acceptors (Lipinski definition) is 3. The van der Waals surface area contributed by atoms with Crippen molar-refractivity contribution in [2.45, 2.75) is 6.92 Å². The summed E-state index contributed by atoms with van der Waals surface area (Å²) in [6, 6.07) is 10.4. The number of benzene rings is 1. The molecule has 1 amide bonds. The van der Waals surface area contributed by atoms with Crippen LogP contribution in [0.25, 0.3) is 5.69 Å². The van der Waals surface area contributed by atoms with Crippen molar-refractivity contribution < 1.29 is 10.0 Å². The Kier molecular flexibility index (Phi) is 5.71. The second kappa shape index (κ2) is 7.28. The van der Waals surface area contributed by atoms with E-state index in [1.807, 2.05) is 12.1 Å². The first kappa shape index (κ1) is 17.3. The number of nitrogens with two attached hydrogens (primary N) is 2. The summed E-state index contributed by atoms with van der Waals surface area (Å²) >= 11 is 0. The highest BCUT2D eigenvalue weighted by molar-refractivity contribution is 6.02.